The molecular weight excluding hydrogens is 250 g/mol. The normalized spacial score (nSPS) is 26.0. The number of hydrogen-bond donors (Lipinski definition) is 1. The summed E-state index contributed by atoms with van der Waals surface area (Å²) >= 11 is 0. The standard InChI is InChI=1S/C13H19NO5/c15-11(16)5-3-1-2-4-8-14-12(17)9-6-7-10(19-9)13(14)18/h9-10H,1-8H2,(H,15,16). The van der Waals surface area contributed by atoms with Gasteiger partial charge >= 0.3 is 5.97 Å². The van der Waals surface area contributed by atoms with Crippen molar-refractivity contribution in [2.24, 2.45) is 0 Å². The van der Waals surface area contributed by atoms with Crippen molar-refractivity contribution in [3.8, 4) is 0 Å². The largest absolute Gasteiger partial charge is 0.481 e. The molecule has 1 N–H and O–H groups in total. The van der Waals surface area contributed by atoms with Crippen molar-refractivity contribution in [1.29, 1.82) is 0 Å². The summed E-state index contributed by atoms with van der Waals surface area (Å²) in [6, 6.07) is 0. The monoisotopic (exact) mass is 269 g/mol. The molecule has 0 radical (unpaired) electrons. The fourth-order valence-electron chi connectivity index (χ4n) is 2.58. The van der Waals surface area contributed by atoms with Crippen LogP contribution in [0.5, 0.6) is 0 Å². The fourth-order valence-corrected chi connectivity index (χ4v) is 2.58. The van der Waals surface area contributed by atoms with Crippen LogP contribution in [0.1, 0.15) is 44.9 Å². The fraction of sp³-hybridized carbons (Fsp3) is 0.769. The average molecular weight is 269 g/mol. The molecule has 2 rings (SSSR count). The number of fused-ring (bicyclic) bond motifs is 2. The van der Waals surface area contributed by atoms with E-state index in [0.717, 1.165) is 19.3 Å². The number of carbonyl (C=O) groups is 3. The molecule has 6 nitrogen and oxygen atoms in total. The van der Waals surface area contributed by atoms with Gasteiger partial charge in [0, 0.05) is 13.0 Å². The summed E-state index contributed by atoms with van der Waals surface area (Å²) in [6.07, 6.45) is 3.65. The summed E-state index contributed by atoms with van der Waals surface area (Å²) in [4.78, 5) is 35.5. The Balaban J connectivity index is 1.69. The van der Waals surface area contributed by atoms with E-state index < -0.39 is 18.2 Å². The van der Waals surface area contributed by atoms with Crippen molar-refractivity contribution < 1.29 is 24.2 Å². The first-order chi connectivity index (χ1) is 9.09. The molecule has 2 bridgehead atoms. The van der Waals surface area contributed by atoms with Crippen LogP contribution in [0, 0.1) is 0 Å². The summed E-state index contributed by atoms with van der Waals surface area (Å²) in [5.41, 5.74) is 0. The second-order valence-electron chi connectivity index (χ2n) is 5.08. The van der Waals surface area contributed by atoms with Crippen LogP contribution in [-0.2, 0) is 19.1 Å². The molecule has 19 heavy (non-hydrogen) atoms. The topological polar surface area (TPSA) is 83.9 Å². The molecule has 0 saturated carbocycles. The van der Waals surface area contributed by atoms with Crippen molar-refractivity contribution in [2.75, 3.05) is 6.54 Å². The smallest absolute Gasteiger partial charge is 0.303 e. The van der Waals surface area contributed by atoms with E-state index >= 15 is 0 Å². The van der Waals surface area contributed by atoms with Gasteiger partial charge in [-0.15, -0.1) is 0 Å². The summed E-state index contributed by atoms with van der Waals surface area (Å²) in [7, 11) is 0. The molecule has 2 aliphatic heterocycles. The molecule has 0 spiro atoms. The number of carboxylic acid groups (broad SMARTS) is 1. The van der Waals surface area contributed by atoms with Gasteiger partial charge in [-0.1, -0.05) is 12.8 Å². The minimum absolute atomic E-state index is 0.180. The molecule has 2 atom stereocenters. The summed E-state index contributed by atoms with van der Waals surface area (Å²) in [5, 5.41) is 8.50. The Morgan fingerprint density at radius 3 is 2.26 bits per heavy atom. The number of carbonyl (C=O) groups excluding carboxylic acids is 2. The number of nitrogens with zero attached hydrogens (tertiary/aromatic N) is 1. The maximum atomic E-state index is 11.9. The predicted molar refractivity (Wildman–Crippen MR) is 65.3 cm³/mol. The number of hydrogen-bond acceptors (Lipinski definition) is 4. The highest BCUT2D eigenvalue weighted by Gasteiger charge is 2.45. The first kappa shape index (κ1) is 14.0. The first-order valence-corrected chi connectivity index (χ1v) is 6.82. The molecule has 2 heterocycles. The van der Waals surface area contributed by atoms with Gasteiger partial charge in [0.2, 0.25) is 0 Å². The lowest BCUT2D eigenvalue weighted by Crippen LogP contribution is -2.51. The van der Waals surface area contributed by atoms with Crippen LogP contribution in [-0.4, -0.2) is 46.5 Å². The zero-order valence-corrected chi connectivity index (χ0v) is 10.8. The SMILES string of the molecule is O=C(O)CCCCCCN1C(=O)C2CCC(O2)C1=O. The van der Waals surface area contributed by atoms with E-state index in [-0.39, 0.29) is 18.2 Å². The summed E-state index contributed by atoms with van der Waals surface area (Å²) in [6.45, 7) is 0.432. The second-order valence-corrected chi connectivity index (χ2v) is 5.08. The summed E-state index contributed by atoms with van der Waals surface area (Å²) < 4.78 is 5.32. The van der Waals surface area contributed by atoms with Crippen molar-refractivity contribution in [1.82, 2.24) is 4.90 Å². The van der Waals surface area contributed by atoms with Gasteiger partial charge in [0.1, 0.15) is 12.2 Å². The molecule has 0 aromatic carbocycles. The van der Waals surface area contributed by atoms with Gasteiger partial charge in [-0.2, -0.15) is 0 Å². The minimum atomic E-state index is -0.782. The van der Waals surface area contributed by atoms with Gasteiger partial charge in [0.05, 0.1) is 0 Å². The Kier molecular flexibility index (Phi) is 4.52. The van der Waals surface area contributed by atoms with Crippen molar-refractivity contribution >= 4 is 17.8 Å². The Hall–Kier alpha value is -1.43. The van der Waals surface area contributed by atoms with Crippen LogP contribution in [0.3, 0.4) is 0 Å². The third-order valence-electron chi connectivity index (χ3n) is 3.62. The third-order valence-corrected chi connectivity index (χ3v) is 3.62. The Morgan fingerprint density at radius 1 is 1.11 bits per heavy atom. The number of imide groups is 1. The van der Waals surface area contributed by atoms with Crippen LogP contribution >= 0.6 is 0 Å². The lowest BCUT2D eigenvalue weighted by Gasteiger charge is -2.29. The van der Waals surface area contributed by atoms with Gasteiger partial charge in [-0.25, -0.2) is 0 Å². The van der Waals surface area contributed by atoms with E-state index in [0.29, 0.717) is 25.8 Å². The highest BCUT2D eigenvalue weighted by Crippen LogP contribution is 2.28. The van der Waals surface area contributed by atoms with Crippen LogP contribution in [0.4, 0.5) is 0 Å². The predicted octanol–water partition coefficient (Wildman–Crippen LogP) is 0.938. The zero-order chi connectivity index (χ0) is 13.8. The zero-order valence-electron chi connectivity index (χ0n) is 10.8. The van der Waals surface area contributed by atoms with Gasteiger partial charge in [-0.3, -0.25) is 19.3 Å². The second kappa shape index (κ2) is 6.14. The maximum absolute atomic E-state index is 11.9. The Morgan fingerprint density at radius 2 is 1.68 bits per heavy atom. The molecule has 106 valence electrons. The molecule has 0 aromatic heterocycles. The molecule has 0 aliphatic carbocycles. The maximum Gasteiger partial charge on any atom is 0.303 e. The van der Waals surface area contributed by atoms with Crippen LogP contribution in [0.2, 0.25) is 0 Å². The molecule has 2 fully saturated rings. The number of unbranched alkanes of at least 4 members (excludes halogenated alkanes) is 3. The Bertz CT molecular complexity index is 359. The molecular formula is C13H19NO5. The Labute approximate surface area is 111 Å². The summed E-state index contributed by atoms with van der Waals surface area (Å²) in [5.74, 6) is -1.19. The lowest BCUT2D eigenvalue weighted by molar-refractivity contribution is -0.168. The van der Waals surface area contributed by atoms with E-state index in [1.54, 1.807) is 0 Å². The van der Waals surface area contributed by atoms with E-state index in [4.69, 9.17) is 9.84 Å². The van der Waals surface area contributed by atoms with Crippen molar-refractivity contribution in [3.05, 3.63) is 0 Å². The number of rotatable bonds is 7. The minimum Gasteiger partial charge on any atom is -0.481 e. The number of ether oxygens (including phenoxy) is 1. The van der Waals surface area contributed by atoms with Gasteiger partial charge in [0.15, 0.2) is 0 Å². The molecule has 2 unspecified atom stereocenters. The molecule has 2 saturated heterocycles. The number of likely N-dealkylation sites (tertiary alicyclic amines) is 1. The molecule has 0 aromatic rings. The van der Waals surface area contributed by atoms with Gasteiger partial charge < -0.3 is 9.84 Å². The first-order valence-electron chi connectivity index (χ1n) is 6.82. The molecule has 2 aliphatic rings. The molecule has 6 heteroatoms. The highest BCUT2D eigenvalue weighted by atomic mass is 16.5. The van der Waals surface area contributed by atoms with Gasteiger partial charge in [0.25, 0.3) is 11.8 Å². The van der Waals surface area contributed by atoms with Crippen LogP contribution < -0.4 is 0 Å². The third kappa shape index (κ3) is 3.32. The lowest BCUT2D eigenvalue weighted by atomic mass is 10.1. The number of aliphatic carboxylic acids is 1. The number of amides is 2. The van der Waals surface area contributed by atoms with E-state index in [9.17, 15) is 14.4 Å². The number of carboxylic acids is 1. The van der Waals surface area contributed by atoms with Crippen molar-refractivity contribution in [3.63, 3.8) is 0 Å². The average Bonchev–Trinajstić information content (AvgIpc) is 2.81. The van der Waals surface area contributed by atoms with E-state index in [1.807, 2.05) is 0 Å². The van der Waals surface area contributed by atoms with Gasteiger partial charge in [-0.05, 0) is 25.7 Å². The van der Waals surface area contributed by atoms with E-state index in [2.05, 4.69) is 0 Å². The number of morpholine rings is 1. The van der Waals surface area contributed by atoms with Crippen molar-refractivity contribution in [2.45, 2.75) is 57.2 Å². The quantitative estimate of drug-likeness (QED) is 0.549. The van der Waals surface area contributed by atoms with E-state index in [1.165, 1.54) is 4.90 Å². The van der Waals surface area contributed by atoms with Crippen LogP contribution in [0.25, 0.3) is 0 Å². The molecule has 2 amide bonds. The highest BCUT2D eigenvalue weighted by molar-refractivity contribution is 6.02. The van der Waals surface area contributed by atoms with Crippen LogP contribution in [0.15, 0.2) is 0 Å².